The van der Waals surface area contributed by atoms with E-state index in [1.165, 1.54) is 6.20 Å². The van der Waals surface area contributed by atoms with E-state index in [2.05, 4.69) is 20.5 Å². The first-order chi connectivity index (χ1) is 11.1. The van der Waals surface area contributed by atoms with Crippen molar-refractivity contribution >= 4 is 23.2 Å². The highest BCUT2D eigenvalue weighted by molar-refractivity contribution is 6.29. The minimum absolute atomic E-state index is 0.145. The van der Waals surface area contributed by atoms with Gasteiger partial charge in [0.15, 0.2) is 11.5 Å². The standard InChI is InChI=1S/C16H16ClN5O/c1-10(2)14(15-21-20-13-5-3-4-8-22(13)15)19-16(23)11-6-7-12(17)18-9-11/h3-10,14H,1-2H3,(H,19,23)/t14-/m0/s1. The van der Waals surface area contributed by atoms with Crippen LogP contribution in [0, 0.1) is 5.92 Å². The van der Waals surface area contributed by atoms with E-state index >= 15 is 0 Å². The van der Waals surface area contributed by atoms with Gasteiger partial charge in [-0.15, -0.1) is 10.2 Å². The highest BCUT2D eigenvalue weighted by atomic mass is 35.5. The molecule has 118 valence electrons. The molecular weight excluding hydrogens is 314 g/mol. The third-order valence-electron chi connectivity index (χ3n) is 3.56. The lowest BCUT2D eigenvalue weighted by Gasteiger charge is -2.20. The van der Waals surface area contributed by atoms with Crippen LogP contribution in [0.5, 0.6) is 0 Å². The molecular formula is C16H16ClN5O. The van der Waals surface area contributed by atoms with Gasteiger partial charge in [0, 0.05) is 12.4 Å². The second-order valence-corrected chi connectivity index (χ2v) is 5.94. The number of nitrogens with one attached hydrogen (secondary N) is 1. The van der Waals surface area contributed by atoms with Gasteiger partial charge in [-0.1, -0.05) is 31.5 Å². The first-order valence-electron chi connectivity index (χ1n) is 7.28. The minimum Gasteiger partial charge on any atom is -0.342 e. The Morgan fingerprint density at radius 2 is 2.04 bits per heavy atom. The van der Waals surface area contributed by atoms with Crippen LogP contribution in [-0.4, -0.2) is 25.5 Å². The third kappa shape index (κ3) is 3.17. The first kappa shape index (κ1) is 15.4. The summed E-state index contributed by atoms with van der Waals surface area (Å²) in [4.78, 5) is 16.4. The molecule has 3 heterocycles. The fourth-order valence-corrected chi connectivity index (χ4v) is 2.45. The lowest BCUT2D eigenvalue weighted by molar-refractivity contribution is 0.0922. The zero-order valence-corrected chi connectivity index (χ0v) is 13.5. The van der Waals surface area contributed by atoms with Gasteiger partial charge in [-0.25, -0.2) is 4.98 Å². The predicted octanol–water partition coefficient (Wildman–Crippen LogP) is 2.90. The van der Waals surface area contributed by atoms with E-state index in [-0.39, 0.29) is 17.9 Å². The van der Waals surface area contributed by atoms with Crippen molar-refractivity contribution in [2.75, 3.05) is 0 Å². The Morgan fingerprint density at radius 1 is 1.22 bits per heavy atom. The van der Waals surface area contributed by atoms with Crippen molar-refractivity contribution < 1.29 is 4.79 Å². The van der Waals surface area contributed by atoms with Crippen molar-refractivity contribution in [3.05, 3.63) is 59.3 Å². The van der Waals surface area contributed by atoms with E-state index in [9.17, 15) is 4.79 Å². The monoisotopic (exact) mass is 329 g/mol. The van der Waals surface area contributed by atoms with E-state index in [4.69, 9.17) is 11.6 Å². The van der Waals surface area contributed by atoms with Crippen LogP contribution >= 0.6 is 11.6 Å². The zero-order chi connectivity index (χ0) is 16.4. The fourth-order valence-electron chi connectivity index (χ4n) is 2.34. The number of aromatic nitrogens is 4. The molecule has 0 aliphatic rings. The lowest BCUT2D eigenvalue weighted by atomic mass is 10.0. The van der Waals surface area contributed by atoms with Gasteiger partial charge in [-0.05, 0) is 30.2 Å². The van der Waals surface area contributed by atoms with Gasteiger partial charge in [0.25, 0.3) is 5.91 Å². The molecule has 0 fully saturated rings. The lowest BCUT2D eigenvalue weighted by Crippen LogP contribution is -2.33. The number of nitrogens with zero attached hydrogens (tertiary/aromatic N) is 4. The predicted molar refractivity (Wildman–Crippen MR) is 87.3 cm³/mol. The highest BCUT2D eigenvalue weighted by Gasteiger charge is 2.24. The summed E-state index contributed by atoms with van der Waals surface area (Å²) in [5.74, 6) is 0.623. The van der Waals surface area contributed by atoms with Crippen LogP contribution in [0.3, 0.4) is 0 Å². The van der Waals surface area contributed by atoms with Crippen molar-refractivity contribution in [2.45, 2.75) is 19.9 Å². The number of amides is 1. The molecule has 1 amide bonds. The maximum absolute atomic E-state index is 12.5. The third-order valence-corrected chi connectivity index (χ3v) is 3.78. The Balaban J connectivity index is 1.90. The molecule has 0 spiro atoms. The fraction of sp³-hybridized carbons (Fsp3) is 0.250. The largest absolute Gasteiger partial charge is 0.342 e. The molecule has 0 aromatic carbocycles. The molecule has 0 bridgehead atoms. The minimum atomic E-state index is -0.268. The summed E-state index contributed by atoms with van der Waals surface area (Å²) in [6.07, 6.45) is 3.34. The molecule has 0 saturated heterocycles. The molecule has 0 unspecified atom stereocenters. The van der Waals surface area contributed by atoms with Crippen LogP contribution in [0.25, 0.3) is 5.65 Å². The molecule has 3 aromatic heterocycles. The molecule has 1 atom stereocenters. The number of hydrogen-bond donors (Lipinski definition) is 1. The van der Waals surface area contributed by atoms with Gasteiger partial charge in [0.2, 0.25) is 0 Å². The number of carbonyl (C=O) groups excluding carboxylic acids is 1. The van der Waals surface area contributed by atoms with Gasteiger partial charge in [0.05, 0.1) is 11.6 Å². The topological polar surface area (TPSA) is 72.2 Å². The van der Waals surface area contributed by atoms with E-state index in [0.29, 0.717) is 16.5 Å². The second-order valence-electron chi connectivity index (χ2n) is 5.55. The second kappa shape index (κ2) is 6.34. The van der Waals surface area contributed by atoms with Crippen molar-refractivity contribution in [1.82, 2.24) is 24.9 Å². The number of halogens is 1. The van der Waals surface area contributed by atoms with Crippen LogP contribution in [0.15, 0.2) is 42.7 Å². The summed E-state index contributed by atoms with van der Waals surface area (Å²) in [5.41, 5.74) is 1.20. The van der Waals surface area contributed by atoms with Crippen LogP contribution in [-0.2, 0) is 0 Å². The maximum atomic E-state index is 12.5. The summed E-state index contributed by atoms with van der Waals surface area (Å²) in [5, 5.41) is 11.7. The Kier molecular flexibility index (Phi) is 4.25. The Bertz CT molecular complexity index is 828. The van der Waals surface area contributed by atoms with Gasteiger partial charge < -0.3 is 5.32 Å². The molecule has 1 N–H and O–H groups in total. The molecule has 23 heavy (non-hydrogen) atoms. The number of carbonyl (C=O) groups is 1. The summed E-state index contributed by atoms with van der Waals surface area (Å²) in [6.45, 7) is 4.05. The molecule has 3 aromatic rings. The number of rotatable bonds is 4. The molecule has 0 aliphatic heterocycles. The summed E-state index contributed by atoms with van der Waals surface area (Å²) < 4.78 is 1.88. The molecule has 0 saturated carbocycles. The summed E-state index contributed by atoms with van der Waals surface area (Å²) in [7, 11) is 0. The van der Waals surface area contributed by atoms with E-state index in [1.807, 2.05) is 42.6 Å². The van der Waals surface area contributed by atoms with E-state index in [0.717, 1.165) is 5.65 Å². The summed E-state index contributed by atoms with van der Waals surface area (Å²) in [6, 6.07) is 8.64. The zero-order valence-electron chi connectivity index (χ0n) is 12.8. The molecule has 0 aliphatic carbocycles. The molecule has 6 nitrogen and oxygen atoms in total. The normalized spacial score (nSPS) is 12.5. The number of pyridine rings is 2. The van der Waals surface area contributed by atoms with Crippen molar-refractivity contribution in [2.24, 2.45) is 5.92 Å². The average Bonchev–Trinajstić information content (AvgIpc) is 2.96. The Hall–Kier alpha value is -2.47. The Labute approximate surface area is 138 Å². The SMILES string of the molecule is CC(C)[C@H](NC(=O)c1ccc(Cl)nc1)c1nnc2ccccn12. The Morgan fingerprint density at radius 3 is 2.74 bits per heavy atom. The maximum Gasteiger partial charge on any atom is 0.253 e. The molecule has 7 heteroatoms. The summed E-state index contributed by atoms with van der Waals surface area (Å²) >= 11 is 5.75. The van der Waals surface area contributed by atoms with Crippen LogP contribution < -0.4 is 5.32 Å². The van der Waals surface area contributed by atoms with E-state index < -0.39 is 0 Å². The van der Waals surface area contributed by atoms with Gasteiger partial charge in [-0.3, -0.25) is 9.20 Å². The number of fused-ring (bicyclic) bond motifs is 1. The van der Waals surface area contributed by atoms with Crippen molar-refractivity contribution in [3.8, 4) is 0 Å². The van der Waals surface area contributed by atoms with Gasteiger partial charge >= 0.3 is 0 Å². The number of hydrogen-bond acceptors (Lipinski definition) is 4. The smallest absolute Gasteiger partial charge is 0.253 e. The van der Waals surface area contributed by atoms with Crippen LogP contribution in [0.2, 0.25) is 5.15 Å². The van der Waals surface area contributed by atoms with Crippen LogP contribution in [0.1, 0.15) is 36.1 Å². The van der Waals surface area contributed by atoms with Gasteiger partial charge in [-0.2, -0.15) is 0 Å². The highest BCUT2D eigenvalue weighted by Crippen LogP contribution is 2.21. The molecule has 3 rings (SSSR count). The van der Waals surface area contributed by atoms with E-state index in [1.54, 1.807) is 12.1 Å². The average molecular weight is 330 g/mol. The first-order valence-corrected chi connectivity index (χ1v) is 7.66. The quantitative estimate of drug-likeness (QED) is 0.747. The molecule has 0 radical (unpaired) electrons. The van der Waals surface area contributed by atoms with Crippen LogP contribution in [0.4, 0.5) is 0 Å². The van der Waals surface area contributed by atoms with Gasteiger partial charge in [0.1, 0.15) is 5.15 Å². The van der Waals surface area contributed by atoms with Crippen molar-refractivity contribution in [1.29, 1.82) is 0 Å². The van der Waals surface area contributed by atoms with Crippen molar-refractivity contribution in [3.63, 3.8) is 0 Å².